The van der Waals surface area contributed by atoms with E-state index in [0.717, 1.165) is 0 Å². The Morgan fingerprint density at radius 2 is 1.48 bits per heavy atom. The Kier molecular flexibility index (Phi) is 6.73. The number of benzene rings is 2. The van der Waals surface area contributed by atoms with Gasteiger partial charge in [-0.05, 0) is 57.2 Å². The first-order valence-corrected chi connectivity index (χ1v) is 8.74. The summed E-state index contributed by atoms with van der Waals surface area (Å²) in [5.41, 5.74) is 0.435. The molecule has 0 fully saturated rings. The molecule has 0 aliphatic carbocycles. The molecule has 2 aromatic carbocycles. The van der Waals surface area contributed by atoms with Crippen LogP contribution in [0.5, 0.6) is 0 Å². The van der Waals surface area contributed by atoms with Crippen LogP contribution in [-0.2, 0) is 4.74 Å². The van der Waals surface area contributed by atoms with Gasteiger partial charge in [0.15, 0.2) is 0 Å². The van der Waals surface area contributed by atoms with Crippen molar-refractivity contribution in [2.24, 2.45) is 0 Å². The second kappa shape index (κ2) is 8.85. The Balaban J connectivity index is 2.02. The lowest BCUT2D eigenvalue weighted by Crippen LogP contribution is -2.27. The minimum absolute atomic E-state index is 0.154. The predicted molar refractivity (Wildman–Crippen MR) is 105 cm³/mol. The first kappa shape index (κ1) is 22.1. The van der Waals surface area contributed by atoms with Crippen LogP contribution in [0.15, 0.2) is 48.5 Å². The van der Waals surface area contributed by atoms with Gasteiger partial charge in [0.25, 0.3) is 5.91 Å². The smallest absolute Gasteiger partial charge is 0.412 e. The van der Waals surface area contributed by atoms with Crippen molar-refractivity contribution < 1.29 is 27.5 Å². The van der Waals surface area contributed by atoms with Crippen LogP contribution >= 0.6 is 0 Å². The van der Waals surface area contributed by atoms with Crippen LogP contribution in [-0.4, -0.2) is 30.3 Å². The number of carbonyl (C=O) groups excluding carboxylic acids is 2. The molecule has 0 heterocycles. The molecule has 0 saturated heterocycles. The maximum atomic E-state index is 12.4. The quantitative estimate of drug-likeness (QED) is 0.629. The highest BCUT2D eigenvalue weighted by Gasteiger charge is 2.27. The Hall–Kier alpha value is -3.23. The third kappa shape index (κ3) is 7.73. The van der Waals surface area contributed by atoms with Crippen LogP contribution < -0.4 is 16.0 Å². The van der Waals surface area contributed by atoms with Gasteiger partial charge in [0.05, 0.1) is 11.4 Å². The molecule has 0 unspecified atom stereocenters. The lowest BCUT2D eigenvalue weighted by Gasteiger charge is -2.19. The number of anilines is 3. The minimum atomic E-state index is -4.38. The maximum Gasteiger partial charge on any atom is 0.412 e. The maximum absolute atomic E-state index is 12.4. The van der Waals surface area contributed by atoms with E-state index in [1.807, 2.05) is 0 Å². The van der Waals surface area contributed by atoms with E-state index in [9.17, 15) is 22.8 Å². The second-order valence-electron chi connectivity index (χ2n) is 7.17. The number of halogens is 3. The van der Waals surface area contributed by atoms with E-state index in [0.29, 0.717) is 5.69 Å². The highest BCUT2D eigenvalue weighted by molar-refractivity contribution is 6.06. The van der Waals surface area contributed by atoms with Gasteiger partial charge in [0.1, 0.15) is 12.1 Å². The normalized spacial score (nSPS) is 11.5. The molecule has 6 nitrogen and oxygen atoms in total. The number of alkyl halides is 3. The Labute approximate surface area is 166 Å². The largest absolute Gasteiger partial charge is 0.444 e. The molecule has 0 aliphatic rings. The Bertz CT molecular complexity index is 860. The molecule has 156 valence electrons. The summed E-state index contributed by atoms with van der Waals surface area (Å²) < 4.78 is 42.4. The number of rotatable bonds is 5. The molecule has 0 spiro atoms. The Morgan fingerprint density at radius 3 is 2.03 bits per heavy atom. The lowest BCUT2D eigenvalue weighted by atomic mass is 10.1. The van der Waals surface area contributed by atoms with Crippen molar-refractivity contribution in [2.45, 2.75) is 32.5 Å². The van der Waals surface area contributed by atoms with E-state index in [-0.39, 0.29) is 16.9 Å². The monoisotopic (exact) mass is 409 g/mol. The van der Waals surface area contributed by atoms with E-state index in [2.05, 4.69) is 16.0 Å². The zero-order valence-corrected chi connectivity index (χ0v) is 16.2. The van der Waals surface area contributed by atoms with Gasteiger partial charge >= 0.3 is 12.3 Å². The van der Waals surface area contributed by atoms with Gasteiger partial charge in [0.2, 0.25) is 0 Å². The summed E-state index contributed by atoms with van der Waals surface area (Å²) in [6.07, 6.45) is -5.01. The molecule has 0 saturated carbocycles. The zero-order valence-electron chi connectivity index (χ0n) is 16.2. The van der Waals surface area contributed by atoms with Crippen molar-refractivity contribution in [2.75, 3.05) is 22.5 Å². The standard InChI is InChI=1S/C20H22F3N3O3/c1-19(2,3)29-18(28)25-14-10-8-13(9-11-14)17(27)26-16-7-5-4-6-15(16)24-12-20(21,22)23/h4-11,24H,12H2,1-3H3,(H,25,28)(H,26,27). The topological polar surface area (TPSA) is 79.5 Å². The van der Waals surface area contributed by atoms with Crippen molar-refractivity contribution in [3.05, 3.63) is 54.1 Å². The zero-order chi connectivity index (χ0) is 21.7. The number of carbonyl (C=O) groups is 2. The molecule has 2 rings (SSSR count). The molecular formula is C20H22F3N3O3. The number of ether oxygens (including phenoxy) is 1. The third-order valence-electron chi connectivity index (χ3n) is 3.45. The van der Waals surface area contributed by atoms with Gasteiger partial charge in [-0.1, -0.05) is 12.1 Å². The van der Waals surface area contributed by atoms with Gasteiger partial charge in [0, 0.05) is 11.3 Å². The number of hydrogen-bond donors (Lipinski definition) is 3. The van der Waals surface area contributed by atoms with Gasteiger partial charge in [-0.3, -0.25) is 10.1 Å². The molecule has 2 amide bonds. The van der Waals surface area contributed by atoms with Crippen molar-refractivity contribution >= 4 is 29.1 Å². The molecule has 29 heavy (non-hydrogen) atoms. The average molecular weight is 409 g/mol. The predicted octanol–water partition coefficient (Wildman–Crippen LogP) is 5.26. The van der Waals surface area contributed by atoms with Crippen LogP contribution in [0.2, 0.25) is 0 Å². The molecule has 0 aromatic heterocycles. The van der Waals surface area contributed by atoms with E-state index in [1.54, 1.807) is 32.9 Å². The van der Waals surface area contributed by atoms with Crippen molar-refractivity contribution in [1.29, 1.82) is 0 Å². The summed E-state index contributed by atoms with van der Waals surface area (Å²) in [4.78, 5) is 24.2. The first-order chi connectivity index (χ1) is 13.4. The summed E-state index contributed by atoms with van der Waals surface area (Å²) >= 11 is 0. The lowest BCUT2D eigenvalue weighted by molar-refractivity contribution is -0.115. The van der Waals surface area contributed by atoms with Crippen LogP contribution in [0.25, 0.3) is 0 Å². The molecule has 0 aliphatic heterocycles. The third-order valence-corrected chi connectivity index (χ3v) is 3.45. The highest BCUT2D eigenvalue weighted by atomic mass is 19.4. The summed E-state index contributed by atoms with van der Waals surface area (Å²) in [5.74, 6) is -0.505. The molecule has 0 radical (unpaired) electrons. The van der Waals surface area contributed by atoms with Gasteiger partial charge in [-0.2, -0.15) is 13.2 Å². The summed E-state index contributed by atoms with van der Waals surface area (Å²) in [7, 11) is 0. The summed E-state index contributed by atoms with van der Waals surface area (Å²) in [6, 6.07) is 12.1. The fourth-order valence-electron chi connectivity index (χ4n) is 2.26. The fourth-order valence-corrected chi connectivity index (χ4v) is 2.26. The van der Waals surface area contributed by atoms with Crippen LogP contribution in [0.3, 0.4) is 0 Å². The number of amides is 2. The highest BCUT2D eigenvalue weighted by Crippen LogP contribution is 2.24. The van der Waals surface area contributed by atoms with Crippen LogP contribution in [0.1, 0.15) is 31.1 Å². The minimum Gasteiger partial charge on any atom is -0.444 e. The van der Waals surface area contributed by atoms with E-state index in [4.69, 9.17) is 4.74 Å². The van der Waals surface area contributed by atoms with E-state index >= 15 is 0 Å². The first-order valence-electron chi connectivity index (χ1n) is 8.74. The number of para-hydroxylation sites is 2. The van der Waals surface area contributed by atoms with Crippen molar-refractivity contribution in [3.63, 3.8) is 0 Å². The second-order valence-corrected chi connectivity index (χ2v) is 7.17. The number of hydrogen-bond acceptors (Lipinski definition) is 4. The molecule has 0 atom stereocenters. The van der Waals surface area contributed by atoms with E-state index < -0.39 is 30.3 Å². The van der Waals surface area contributed by atoms with Crippen molar-refractivity contribution in [3.8, 4) is 0 Å². The summed E-state index contributed by atoms with van der Waals surface area (Å²) in [5, 5.41) is 7.38. The van der Waals surface area contributed by atoms with Crippen LogP contribution in [0, 0.1) is 0 Å². The fraction of sp³-hybridized carbons (Fsp3) is 0.300. The molecule has 9 heteroatoms. The molecule has 2 aromatic rings. The SMILES string of the molecule is CC(C)(C)OC(=O)Nc1ccc(C(=O)Nc2ccccc2NCC(F)(F)F)cc1. The van der Waals surface area contributed by atoms with Gasteiger partial charge in [-0.25, -0.2) is 4.79 Å². The van der Waals surface area contributed by atoms with E-state index in [1.165, 1.54) is 36.4 Å². The average Bonchev–Trinajstić information content (AvgIpc) is 2.59. The van der Waals surface area contributed by atoms with Gasteiger partial charge < -0.3 is 15.4 Å². The molecule has 3 N–H and O–H groups in total. The Morgan fingerprint density at radius 1 is 0.897 bits per heavy atom. The summed E-state index contributed by atoms with van der Waals surface area (Å²) in [6.45, 7) is 4.00. The van der Waals surface area contributed by atoms with Crippen molar-refractivity contribution in [1.82, 2.24) is 0 Å². The number of nitrogens with one attached hydrogen (secondary N) is 3. The van der Waals surface area contributed by atoms with Gasteiger partial charge in [-0.15, -0.1) is 0 Å². The molecular weight excluding hydrogens is 387 g/mol. The molecule has 0 bridgehead atoms. The van der Waals surface area contributed by atoms with Crippen LogP contribution in [0.4, 0.5) is 35.0 Å².